The Hall–Kier alpha value is -3.63. The van der Waals surface area contributed by atoms with Gasteiger partial charge < -0.3 is 15.0 Å². The summed E-state index contributed by atoms with van der Waals surface area (Å²) < 4.78 is 0. The van der Waals surface area contributed by atoms with E-state index in [4.69, 9.17) is 0 Å². The molecule has 11 nitrogen and oxygen atoms in total. The number of hydrogen-bond acceptors (Lipinski definition) is 7. The van der Waals surface area contributed by atoms with Crippen LogP contribution in [0.25, 0.3) is 0 Å². The first-order chi connectivity index (χ1) is 15.6. The van der Waals surface area contributed by atoms with E-state index in [-0.39, 0.29) is 85.3 Å². The quantitative estimate of drug-likeness (QED) is 0.334. The fourth-order valence-electron chi connectivity index (χ4n) is 4.15. The number of nitrogens with zero attached hydrogens (tertiary/aromatic N) is 3. The SMILES string of the molecule is CCC1CC(=O)N(CCNC(=O)c2cc3c(c([N+](=O)[O-])c2)N(C(=O)CCC(C)=O)CC3)C1=O. The molecule has 11 heteroatoms. The number of fused-ring (bicyclic) bond motifs is 1. The number of nitro benzene ring substituents is 1. The maximum Gasteiger partial charge on any atom is 0.294 e. The topological polar surface area (TPSA) is 147 Å². The average molecular weight is 458 g/mol. The fraction of sp³-hybridized carbons (Fsp3) is 0.500. The molecule has 176 valence electrons. The van der Waals surface area contributed by atoms with Gasteiger partial charge in [-0.3, -0.25) is 34.2 Å². The zero-order valence-corrected chi connectivity index (χ0v) is 18.6. The van der Waals surface area contributed by atoms with Gasteiger partial charge in [-0.1, -0.05) is 6.92 Å². The molecule has 2 aliphatic heterocycles. The summed E-state index contributed by atoms with van der Waals surface area (Å²) >= 11 is 0. The second-order valence-corrected chi connectivity index (χ2v) is 8.21. The van der Waals surface area contributed by atoms with Crippen LogP contribution >= 0.6 is 0 Å². The highest BCUT2D eigenvalue weighted by Crippen LogP contribution is 2.38. The summed E-state index contributed by atoms with van der Waals surface area (Å²) in [6.45, 7) is 3.49. The Morgan fingerprint density at radius 2 is 1.94 bits per heavy atom. The number of likely N-dealkylation sites (tertiary alicyclic amines) is 1. The van der Waals surface area contributed by atoms with Gasteiger partial charge in [0, 0.05) is 56.4 Å². The lowest BCUT2D eigenvalue weighted by molar-refractivity contribution is -0.384. The Labute approximate surface area is 190 Å². The van der Waals surface area contributed by atoms with Crippen molar-refractivity contribution in [1.82, 2.24) is 10.2 Å². The van der Waals surface area contributed by atoms with E-state index in [2.05, 4.69) is 5.32 Å². The minimum absolute atomic E-state index is 0.0211. The number of nitro groups is 1. The minimum Gasteiger partial charge on any atom is -0.350 e. The molecule has 2 aliphatic rings. The van der Waals surface area contributed by atoms with Crippen molar-refractivity contribution in [3.63, 3.8) is 0 Å². The Kier molecular flexibility index (Phi) is 7.19. The van der Waals surface area contributed by atoms with Gasteiger partial charge in [-0.15, -0.1) is 0 Å². The molecular formula is C22H26N4O7. The van der Waals surface area contributed by atoms with Crippen LogP contribution in [-0.4, -0.2) is 58.9 Å². The molecule has 33 heavy (non-hydrogen) atoms. The van der Waals surface area contributed by atoms with Crippen LogP contribution in [0.3, 0.4) is 0 Å². The molecular weight excluding hydrogens is 432 g/mol. The maximum absolute atomic E-state index is 12.6. The first kappa shape index (κ1) is 24.0. The van der Waals surface area contributed by atoms with Gasteiger partial charge in [0.1, 0.15) is 11.5 Å². The normalized spacial score (nSPS) is 17.3. The molecule has 1 unspecified atom stereocenters. The molecule has 0 bridgehead atoms. The van der Waals surface area contributed by atoms with E-state index in [9.17, 15) is 34.1 Å². The number of benzene rings is 1. The Morgan fingerprint density at radius 3 is 2.55 bits per heavy atom. The summed E-state index contributed by atoms with van der Waals surface area (Å²) in [6, 6.07) is 2.62. The molecule has 1 aromatic rings. The smallest absolute Gasteiger partial charge is 0.294 e. The van der Waals surface area contributed by atoms with Gasteiger partial charge in [0.15, 0.2) is 0 Å². The van der Waals surface area contributed by atoms with Gasteiger partial charge in [0.25, 0.3) is 11.6 Å². The van der Waals surface area contributed by atoms with Crippen LogP contribution < -0.4 is 10.2 Å². The third kappa shape index (κ3) is 5.07. The third-order valence-electron chi connectivity index (χ3n) is 5.95. The standard InChI is InChI=1S/C22H26N4O7/c1-3-14-12-19(29)25(22(14)31)9-7-23-21(30)16-10-15-6-8-24(18(28)5-4-13(2)27)20(15)17(11-16)26(32)33/h10-11,14H,3-9,12H2,1-2H3,(H,23,30). The number of Topliss-reactive ketones (excluding diaryl/α,β-unsaturated/α-hetero) is 1. The summed E-state index contributed by atoms with van der Waals surface area (Å²) in [5, 5.41) is 14.3. The highest BCUT2D eigenvalue weighted by atomic mass is 16.6. The highest BCUT2D eigenvalue weighted by molar-refractivity contribution is 6.04. The van der Waals surface area contributed by atoms with Crippen LogP contribution in [0.1, 0.15) is 55.5 Å². The Bertz CT molecular complexity index is 1040. The predicted octanol–water partition coefficient (Wildman–Crippen LogP) is 1.37. The zero-order valence-electron chi connectivity index (χ0n) is 18.6. The van der Waals surface area contributed by atoms with Crippen LogP contribution in [0.2, 0.25) is 0 Å². The van der Waals surface area contributed by atoms with E-state index in [0.29, 0.717) is 18.4 Å². The summed E-state index contributed by atoms with van der Waals surface area (Å²) in [6.07, 6.45) is 1.10. The predicted molar refractivity (Wildman–Crippen MR) is 117 cm³/mol. The number of carbonyl (C=O) groups is 5. The zero-order chi connectivity index (χ0) is 24.3. The van der Waals surface area contributed by atoms with Gasteiger partial charge in [-0.25, -0.2) is 0 Å². The third-order valence-corrected chi connectivity index (χ3v) is 5.95. The number of nitrogens with one attached hydrogen (secondary N) is 1. The Balaban J connectivity index is 1.71. The van der Waals surface area contributed by atoms with Gasteiger partial charge in [0.2, 0.25) is 17.7 Å². The monoisotopic (exact) mass is 458 g/mol. The van der Waals surface area contributed by atoms with Crippen molar-refractivity contribution in [1.29, 1.82) is 0 Å². The number of rotatable bonds is 9. The van der Waals surface area contributed by atoms with Crippen molar-refractivity contribution in [3.8, 4) is 0 Å². The van der Waals surface area contributed by atoms with Gasteiger partial charge >= 0.3 is 0 Å². The molecule has 0 spiro atoms. The largest absolute Gasteiger partial charge is 0.350 e. The van der Waals surface area contributed by atoms with E-state index in [1.807, 2.05) is 6.92 Å². The molecule has 1 fully saturated rings. The van der Waals surface area contributed by atoms with Crippen molar-refractivity contribution in [2.45, 2.75) is 46.0 Å². The van der Waals surface area contributed by atoms with Crippen molar-refractivity contribution < 1.29 is 28.9 Å². The van der Waals surface area contributed by atoms with Crippen molar-refractivity contribution in [2.24, 2.45) is 5.92 Å². The number of hydrogen-bond donors (Lipinski definition) is 1. The minimum atomic E-state index is -0.640. The summed E-state index contributed by atoms with van der Waals surface area (Å²) in [4.78, 5) is 73.9. The summed E-state index contributed by atoms with van der Waals surface area (Å²) in [5.41, 5.74) is 0.358. The number of ketones is 1. The molecule has 0 aromatic heterocycles. The lowest BCUT2D eigenvalue weighted by atomic mass is 10.1. The molecule has 0 aliphatic carbocycles. The second-order valence-electron chi connectivity index (χ2n) is 8.21. The maximum atomic E-state index is 12.6. The molecule has 3 rings (SSSR count). The van der Waals surface area contributed by atoms with Crippen molar-refractivity contribution >= 4 is 40.8 Å². The van der Waals surface area contributed by atoms with E-state index >= 15 is 0 Å². The van der Waals surface area contributed by atoms with Gasteiger partial charge in [-0.2, -0.15) is 0 Å². The summed E-state index contributed by atoms with van der Waals surface area (Å²) in [5.74, 6) is -1.95. The molecule has 1 aromatic carbocycles. The van der Waals surface area contributed by atoms with Crippen molar-refractivity contribution in [2.75, 3.05) is 24.5 Å². The summed E-state index contributed by atoms with van der Waals surface area (Å²) in [7, 11) is 0. The van der Waals surface area contributed by atoms with Crippen LogP contribution in [-0.2, 0) is 25.6 Å². The number of amides is 4. The molecule has 1 N–H and O–H groups in total. The number of imide groups is 1. The van der Waals surface area contributed by atoms with E-state index in [1.54, 1.807) is 0 Å². The first-order valence-electron chi connectivity index (χ1n) is 10.9. The molecule has 2 heterocycles. The fourth-order valence-corrected chi connectivity index (χ4v) is 4.15. The lowest BCUT2D eigenvalue weighted by Gasteiger charge is -2.18. The molecule has 0 radical (unpaired) electrons. The second kappa shape index (κ2) is 9.88. The molecule has 1 saturated heterocycles. The van der Waals surface area contributed by atoms with Gasteiger partial charge in [0.05, 0.1) is 4.92 Å². The first-order valence-corrected chi connectivity index (χ1v) is 10.9. The molecule has 1 atom stereocenters. The average Bonchev–Trinajstić information content (AvgIpc) is 3.32. The highest BCUT2D eigenvalue weighted by Gasteiger charge is 2.37. The number of anilines is 1. The van der Waals surface area contributed by atoms with Crippen LogP contribution in [0.15, 0.2) is 12.1 Å². The van der Waals surface area contributed by atoms with E-state index < -0.39 is 10.8 Å². The van der Waals surface area contributed by atoms with Crippen LogP contribution in [0.5, 0.6) is 0 Å². The van der Waals surface area contributed by atoms with E-state index in [1.165, 1.54) is 17.9 Å². The molecule has 4 amide bonds. The Morgan fingerprint density at radius 1 is 1.21 bits per heavy atom. The number of carbonyl (C=O) groups excluding carboxylic acids is 5. The lowest BCUT2D eigenvalue weighted by Crippen LogP contribution is -2.38. The van der Waals surface area contributed by atoms with E-state index in [0.717, 1.165) is 11.0 Å². The van der Waals surface area contributed by atoms with Gasteiger partial charge in [-0.05, 0) is 31.4 Å². The van der Waals surface area contributed by atoms with Crippen LogP contribution in [0.4, 0.5) is 11.4 Å². The molecule has 0 saturated carbocycles. The van der Waals surface area contributed by atoms with Crippen LogP contribution in [0, 0.1) is 16.0 Å². The van der Waals surface area contributed by atoms with Crippen molar-refractivity contribution in [3.05, 3.63) is 33.4 Å².